The highest BCUT2D eigenvalue weighted by Gasteiger charge is 2.33. The fourth-order valence-electron chi connectivity index (χ4n) is 2.16. The van der Waals surface area contributed by atoms with Crippen LogP contribution in [0.1, 0.15) is 6.92 Å². The Morgan fingerprint density at radius 1 is 1.47 bits per heavy atom. The van der Waals surface area contributed by atoms with Crippen LogP contribution in [-0.2, 0) is 10.0 Å². The summed E-state index contributed by atoms with van der Waals surface area (Å²) in [7, 11) is -2.06. The van der Waals surface area contributed by atoms with Gasteiger partial charge < -0.3 is 10.1 Å². The van der Waals surface area contributed by atoms with Gasteiger partial charge in [-0.1, -0.05) is 15.9 Å². The zero-order valence-corrected chi connectivity index (χ0v) is 13.3. The molecule has 1 heterocycles. The van der Waals surface area contributed by atoms with Crippen molar-refractivity contribution in [2.75, 3.05) is 26.7 Å². The number of sulfonamides is 1. The normalized spacial score (nSPS) is 21.3. The van der Waals surface area contributed by atoms with Crippen LogP contribution in [0.4, 0.5) is 0 Å². The smallest absolute Gasteiger partial charge is 0.247 e. The Morgan fingerprint density at radius 2 is 2.21 bits per heavy atom. The average Bonchev–Trinajstić information content (AvgIpc) is 2.39. The number of nitrogens with one attached hydrogen (secondary N) is 1. The monoisotopic (exact) mass is 348 g/mol. The fraction of sp³-hybridized carbons (Fsp3) is 0.500. The molecule has 1 saturated heterocycles. The SMILES string of the molecule is COc1ccc(Br)cc1S(=O)(=O)N1CCNC[C@@H]1C. The second-order valence-electron chi connectivity index (χ2n) is 4.46. The van der Waals surface area contributed by atoms with Crippen LogP contribution in [0.2, 0.25) is 0 Å². The molecule has 0 amide bonds. The zero-order valence-electron chi connectivity index (χ0n) is 10.9. The number of ether oxygens (including phenoxy) is 1. The Hall–Kier alpha value is -0.630. The molecule has 2 rings (SSSR count). The van der Waals surface area contributed by atoms with Crippen molar-refractivity contribution in [3.8, 4) is 5.75 Å². The molecule has 0 saturated carbocycles. The maximum Gasteiger partial charge on any atom is 0.247 e. The van der Waals surface area contributed by atoms with Gasteiger partial charge in [-0.05, 0) is 25.1 Å². The lowest BCUT2D eigenvalue weighted by molar-refractivity contribution is 0.282. The minimum absolute atomic E-state index is 0.0672. The van der Waals surface area contributed by atoms with Crippen molar-refractivity contribution in [2.24, 2.45) is 0 Å². The molecule has 1 aromatic rings. The summed E-state index contributed by atoms with van der Waals surface area (Å²) in [5.74, 6) is 0.369. The van der Waals surface area contributed by atoms with Gasteiger partial charge in [-0.25, -0.2) is 8.42 Å². The van der Waals surface area contributed by atoms with Gasteiger partial charge in [-0.15, -0.1) is 0 Å². The molecule has 1 N–H and O–H groups in total. The Bertz CT molecular complexity index is 562. The van der Waals surface area contributed by atoms with E-state index in [1.54, 1.807) is 18.2 Å². The van der Waals surface area contributed by atoms with Crippen molar-refractivity contribution in [2.45, 2.75) is 17.9 Å². The standard InChI is InChI=1S/C12H17BrN2O3S/c1-9-8-14-5-6-15(9)19(16,17)12-7-10(13)3-4-11(12)18-2/h3-4,7,9,14H,5-6,8H2,1-2H3/t9-/m0/s1. The number of benzene rings is 1. The Labute approximate surface area is 122 Å². The summed E-state index contributed by atoms with van der Waals surface area (Å²) in [6.07, 6.45) is 0. The van der Waals surface area contributed by atoms with Crippen LogP contribution < -0.4 is 10.1 Å². The van der Waals surface area contributed by atoms with Gasteiger partial charge in [-0.2, -0.15) is 4.31 Å². The molecular formula is C12H17BrN2O3S. The second-order valence-corrected chi connectivity index (χ2v) is 7.24. The third-order valence-electron chi connectivity index (χ3n) is 3.15. The lowest BCUT2D eigenvalue weighted by atomic mass is 10.3. The predicted octanol–water partition coefficient (Wildman–Crippen LogP) is 1.44. The van der Waals surface area contributed by atoms with Crippen molar-refractivity contribution in [1.29, 1.82) is 0 Å². The molecule has 19 heavy (non-hydrogen) atoms. The number of piperazine rings is 1. The van der Waals surface area contributed by atoms with E-state index in [1.807, 2.05) is 6.92 Å². The summed E-state index contributed by atoms with van der Waals surface area (Å²) in [6.45, 7) is 3.70. The van der Waals surface area contributed by atoms with E-state index < -0.39 is 10.0 Å². The van der Waals surface area contributed by atoms with Crippen molar-refractivity contribution in [3.05, 3.63) is 22.7 Å². The molecule has 0 spiro atoms. The number of hydrogen-bond acceptors (Lipinski definition) is 4. The molecule has 1 aromatic carbocycles. The van der Waals surface area contributed by atoms with Crippen LogP contribution in [0.5, 0.6) is 5.75 Å². The largest absolute Gasteiger partial charge is 0.495 e. The van der Waals surface area contributed by atoms with E-state index in [2.05, 4.69) is 21.2 Å². The van der Waals surface area contributed by atoms with Crippen molar-refractivity contribution in [3.63, 3.8) is 0 Å². The first-order valence-electron chi connectivity index (χ1n) is 6.03. The van der Waals surface area contributed by atoms with Gasteiger partial charge in [0, 0.05) is 30.1 Å². The minimum Gasteiger partial charge on any atom is -0.495 e. The molecular weight excluding hydrogens is 332 g/mol. The minimum atomic E-state index is -3.54. The Morgan fingerprint density at radius 3 is 2.84 bits per heavy atom. The van der Waals surface area contributed by atoms with Crippen LogP contribution >= 0.6 is 15.9 Å². The Balaban J connectivity index is 2.46. The maximum atomic E-state index is 12.7. The molecule has 1 aliphatic rings. The first kappa shape index (κ1) is 14.8. The van der Waals surface area contributed by atoms with Crippen molar-refractivity contribution < 1.29 is 13.2 Å². The van der Waals surface area contributed by atoms with E-state index in [1.165, 1.54) is 11.4 Å². The molecule has 0 radical (unpaired) electrons. The summed E-state index contributed by atoms with van der Waals surface area (Å²) in [6, 6.07) is 4.94. The first-order chi connectivity index (χ1) is 8.96. The molecule has 1 aliphatic heterocycles. The van der Waals surface area contributed by atoms with Gasteiger partial charge in [0.25, 0.3) is 0 Å². The van der Waals surface area contributed by atoms with Crippen LogP contribution in [0.25, 0.3) is 0 Å². The average molecular weight is 349 g/mol. The van der Waals surface area contributed by atoms with E-state index >= 15 is 0 Å². The molecule has 106 valence electrons. The van der Waals surface area contributed by atoms with Gasteiger partial charge in [0.2, 0.25) is 10.0 Å². The third kappa shape index (κ3) is 2.94. The fourth-order valence-corrected chi connectivity index (χ4v) is 4.48. The van der Waals surface area contributed by atoms with Crippen molar-refractivity contribution >= 4 is 26.0 Å². The summed E-state index contributed by atoms with van der Waals surface area (Å²) >= 11 is 3.31. The topological polar surface area (TPSA) is 58.6 Å². The van der Waals surface area contributed by atoms with Crippen LogP contribution in [0.3, 0.4) is 0 Å². The molecule has 7 heteroatoms. The van der Waals surface area contributed by atoms with Crippen molar-refractivity contribution in [1.82, 2.24) is 9.62 Å². The number of methoxy groups -OCH3 is 1. The molecule has 0 bridgehead atoms. The first-order valence-corrected chi connectivity index (χ1v) is 8.26. The van der Waals surface area contributed by atoms with Gasteiger partial charge >= 0.3 is 0 Å². The maximum absolute atomic E-state index is 12.7. The van der Waals surface area contributed by atoms with Crippen LogP contribution in [0.15, 0.2) is 27.6 Å². The number of hydrogen-bond donors (Lipinski definition) is 1. The van der Waals surface area contributed by atoms with Crippen LogP contribution in [0, 0.1) is 0 Å². The number of nitrogens with zero attached hydrogens (tertiary/aromatic N) is 1. The van der Waals surface area contributed by atoms with E-state index in [4.69, 9.17) is 4.74 Å². The van der Waals surface area contributed by atoms with E-state index in [9.17, 15) is 8.42 Å². The highest BCUT2D eigenvalue weighted by Crippen LogP contribution is 2.30. The zero-order chi connectivity index (χ0) is 14.0. The highest BCUT2D eigenvalue weighted by molar-refractivity contribution is 9.10. The molecule has 0 unspecified atom stereocenters. The van der Waals surface area contributed by atoms with E-state index in [-0.39, 0.29) is 10.9 Å². The summed E-state index contributed by atoms with van der Waals surface area (Å²) in [4.78, 5) is 0.207. The molecule has 1 atom stereocenters. The molecule has 5 nitrogen and oxygen atoms in total. The lowest BCUT2D eigenvalue weighted by Gasteiger charge is -2.33. The third-order valence-corrected chi connectivity index (χ3v) is 5.68. The quantitative estimate of drug-likeness (QED) is 0.897. The van der Waals surface area contributed by atoms with Gasteiger partial charge in [0.15, 0.2) is 0 Å². The predicted molar refractivity (Wildman–Crippen MR) is 76.9 cm³/mol. The second kappa shape index (κ2) is 5.78. The lowest BCUT2D eigenvalue weighted by Crippen LogP contribution is -2.52. The number of halogens is 1. The van der Waals surface area contributed by atoms with Crippen LogP contribution in [-0.4, -0.2) is 45.5 Å². The number of rotatable bonds is 3. The summed E-state index contributed by atoms with van der Waals surface area (Å²) in [5, 5.41) is 3.18. The summed E-state index contributed by atoms with van der Waals surface area (Å²) in [5.41, 5.74) is 0. The van der Waals surface area contributed by atoms with Gasteiger partial charge in [0.1, 0.15) is 10.6 Å². The van der Waals surface area contributed by atoms with E-state index in [0.717, 1.165) is 4.47 Å². The summed E-state index contributed by atoms with van der Waals surface area (Å²) < 4.78 is 32.9. The van der Waals surface area contributed by atoms with Gasteiger partial charge in [-0.3, -0.25) is 0 Å². The highest BCUT2D eigenvalue weighted by atomic mass is 79.9. The van der Waals surface area contributed by atoms with E-state index in [0.29, 0.717) is 25.4 Å². The molecule has 0 aromatic heterocycles. The molecule has 0 aliphatic carbocycles. The Kier molecular flexibility index (Phi) is 4.50. The molecule has 1 fully saturated rings. The van der Waals surface area contributed by atoms with Gasteiger partial charge in [0.05, 0.1) is 7.11 Å².